The number of hydrogen-bond donors (Lipinski definition) is 0. The van der Waals surface area contributed by atoms with Gasteiger partial charge in [-0.05, 0) is 44.4 Å². The van der Waals surface area contributed by atoms with E-state index >= 15 is 0 Å². The van der Waals surface area contributed by atoms with Crippen molar-refractivity contribution < 1.29 is 14.3 Å². The highest BCUT2D eigenvalue weighted by atomic mass is 16.5. The first-order valence-electron chi connectivity index (χ1n) is 6.50. The third-order valence-corrected chi connectivity index (χ3v) is 2.92. The number of Topliss-reactive ketones (excluding diaryl/α,β-unsaturated/α-hetero) is 1. The summed E-state index contributed by atoms with van der Waals surface area (Å²) in [5.41, 5.74) is 0.614. The molecule has 0 fully saturated rings. The Balaban J connectivity index is 2.66. The topological polar surface area (TPSA) is 35.5 Å². The molecule has 0 aliphatic heterocycles. The Bertz CT molecular complexity index is 602. The number of hydrogen-bond acceptors (Lipinski definition) is 3. The summed E-state index contributed by atoms with van der Waals surface area (Å²) in [5.74, 6) is 1.44. The molecule has 0 aromatic heterocycles. The van der Waals surface area contributed by atoms with Crippen molar-refractivity contribution >= 4 is 16.6 Å². The second kappa shape index (κ2) is 5.74. The van der Waals surface area contributed by atoms with Gasteiger partial charge in [0.15, 0.2) is 5.78 Å². The zero-order chi connectivity index (χ0) is 13.8. The molecule has 0 N–H and O–H groups in total. The van der Waals surface area contributed by atoms with Gasteiger partial charge in [0.05, 0.1) is 18.8 Å². The molecule has 0 saturated heterocycles. The molecule has 0 aliphatic carbocycles. The lowest BCUT2D eigenvalue weighted by Gasteiger charge is -2.12. The highest BCUT2D eigenvalue weighted by Gasteiger charge is 2.12. The minimum Gasteiger partial charge on any atom is -0.493 e. The third-order valence-electron chi connectivity index (χ3n) is 2.92. The number of carbonyl (C=O) groups is 1. The maximum absolute atomic E-state index is 11.7. The van der Waals surface area contributed by atoms with Crippen LogP contribution in [0.15, 0.2) is 30.3 Å². The molecule has 0 amide bonds. The predicted octanol–water partition coefficient (Wildman–Crippen LogP) is 3.84. The molecule has 0 saturated carbocycles. The minimum atomic E-state index is 0.00663. The Morgan fingerprint density at radius 3 is 2.37 bits per heavy atom. The molecule has 0 aliphatic rings. The maximum Gasteiger partial charge on any atom is 0.163 e. The molecule has 19 heavy (non-hydrogen) atoms. The Morgan fingerprint density at radius 1 is 1.05 bits per heavy atom. The fourth-order valence-corrected chi connectivity index (χ4v) is 2.11. The van der Waals surface area contributed by atoms with Gasteiger partial charge in [0.25, 0.3) is 0 Å². The van der Waals surface area contributed by atoms with Gasteiger partial charge < -0.3 is 9.47 Å². The fraction of sp³-hybridized carbons (Fsp3) is 0.312. The summed E-state index contributed by atoms with van der Waals surface area (Å²) in [6.07, 6.45) is 0. The van der Waals surface area contributed by atoms with Crippen LogP contribution in [0.4, 0.5) is 0 Å². The highest BCUT2D eigenvalue weighted by Crippen LogP contribution is 2.32. The van der Waals surface area contributed by atoms with Crippen LogP contribution in [0.2, 0.25) is 0 Å². The zero-order valence-corrected chi connectivity index (χ0v) is 11.5. The van der Waals surface area contributed by atoms with Gasteiger partial charge in [-0.1, -0.05) is 12.1 Å². The summed E-state index contributed by atoms with van der Waals surface area (Å²) < 4.78 is 11.2. The van der Waals surface area contributed by atoms with Crippen molar-refractivity contribution in [1.82, 2.24) is 0 Å². The van der Waals surface area contributed by atoms with Crippen LogP contribution < -0.4 is 9.47 Å². The van der Waals surface area contributed by atoms with E-state index in [1.54, 1.807) is 6.92 Å². The average Bonchev–Trinajstić information content (AvgIpc) is 2.39. The number of ketones is 1. The summed E-state index contributed by atoms with van der Waals surface area (Å²) in [6, 6.07) is 9.58. The van der Waals surface area contributed by atoms with Crippen LogP contribution >= 0.6 is 0 Å². The lowest BCUT2D eigenvalue weighted by molar-refractivity contribution is 0.101. The van der Waals surface area contributed by atoms with Gasteiger partial charge in [0, 0.05) is 5.39 Å². The van der Waals surface area contributed by atoms with E-state index in [9.17, 15) is 4.79 Å². The maximum atomic E-state index is 11.7. The average molecular weight is 258 g/mol. The van der Waals surface area contributed by atoms with Crippen LogP contribution in [0.5, 0.6) is 11.5 Å². The van der Waals surface area contributed by atoms with Crippen LogP contribution in [-0.2, 0) is 0 Å². The van der Waals surface area contributed by atoms with Crippen molar-refractivity contribution in [2.24, 2.45) is 0 Å². The molecule has 3 nitrogen and oxygen atoms in total. The molecular formula is C16H18O3. The Kier molecular flexibility index (Phi) is 4.05. The van der Waals surface area contributed by atoms with Crippen LogP contribution in [0.3, 0.4) is 0 Å². The first-order chi connectivity index (χ1) is 9.17. The molecule has 2 aromatic carbocycles. The van der Waals surface area contributed by atoms with E-state index in [0.29, 0.717) is 24.5 Å². The smallest absolute Gasteiger partial charge is 0.163 e. The Hall–Kier alpha value is -2.03. The van der Waals surface area contributed by atoms with Gasteiger partial charge in [0.2, 0.25) is 0 Å². The van der Waals surface area contributed by atoms with Crippen LogP contribution in [0.25, 0.3) is 10.8 Å². The van der Waals surface area contributed by atoms with Gasteiger partial charge in [-0.25, -0.2) is 0 Å². The van der Waals surface area contributed by atoms with Crippen LogP contribution in [0, 0.1) is 0 Å². The molecule has 0 bridgehead atoms. The van der Waals surface area contributed by atoms with Crippen LogP contribution in [-0.4, -0.2) is 19.0 Å². The van der Waals surface area contributed by atoms with E-state index in [4.69, 9.17) is 9.47 Å². The summed E-state index contributed by atoms with van der Waals surface area (Å²) >= 11 is 0. The third kappa shape index (κ3) is 2.70. The second-order valence-electron chi connectivity index (χ2n) is 4.25. The molecule has 0 spiro atoms. The van der Waals surface area contributed by atoms with Crippen molar-refractivity contribution in [3.05, 3.63) is 35.9 Å². The number of rotatable bonds is 5. The summed E-state index contributed by atoms with van der Waals surface area (Å²) in [4.78, 5) is 11.7. The Morgan fingerprint density at radius 2 is 1.74 bits per heavy atom. The van der Waals surface area contributed by atoms with E-state index in [0.717, 1.165) is 16.5 Å². The predicted molar refractivity (Wildman–Crippen MR) is 76.3 cm³/mol. The number of ether oxygens (including phenoxy) is 2. The van der Waals surface area contributed by atoms with Crippen molar-refractivity contribution in [2.45, 2.75) is 20.8 Å². The molecule has 2 aromatic rings. The quantitative estimate of drug-likeness (QED) is 0.764. The zero-order valence-electron chi connectivity index (χ0n) is 11.5. The molecule has 100 valence electrons. The number of benzene rings is 2. The fourth-order valence-electron chi connectivity index (χ4n) is 2.11. The molecule has 2 rings (SSSR count). The minimum absolute atomic E-state index is 0.00663. The summed E-state index contributed by atoms with van der Waals surface area (Å²) in [7, 11) is 0. The van der Waals surface area contributed by atoms with Gasteiger partial charge in [0.1, 0.15) is 11.5 Å². The standard InChI is InChI=1S/C16H18O3/c1-4-18-15-8-6-7-12-9-13(11(3)17)16(19-5-2)10-14(12)15/h6-10H,4-5H2,1-3H3. The normalized spacial score (nSPS) is 10.5. The number of fused-ring (bicyclic) bond motifs is 1. The Labute approximate surface area is 113 Å². The number of carbonyl (C=O) groups excluding carboxylic acids is 1. The van der Waals surface area contributed by atoms with Gasteiger partial charge in [-0.3, -0.25) is 4.79 Å². The van der Waals surface area contributed by atoms with E-state index in [-0.39, 0.29) is 5.78 Å². The molecule has 0 radical (unpaired) electrons. The van der Waals surface area contributed by atoms with Gasteiger partial charge >= 0.3 is 0 Å². The largest absolute Gasteiger partial charge is 0.493 e. The summed E-state index contributed by atoms with van der Waals surface area (Å²) in [5, 5.41) is 1.96. The van der Waals surface area contributed by atoms with E-state index < -0.39 is 0 Å². The van der Waals surface area contributed by atoms with Crippen molar-refractivity contribution in [3.8, 4) is 11.5 Å². The SMILES string of the molecule is CCOc1cc2c(OCC)cccc2cc1C(C)=O. The van der Waals surface area contributed by atoms with Gasteiger partial charge in [-0.2, -0.15) is 0 Å². The van der Waals surface area contributed by atoms with Gasteiger partial charge in [-0.15, -0.1) is 0 Å². The monoisotopic (exact) mass is 258 g/mol. The van der Waals surface area contributed by atoms with E-state index in [1.165, 1.54) is 0 Å². The van der Waals surface area contributed by atoms with Crippen LogP contribution in [0.1, 0.15) is 31.1 Å². The highest BCUT2D eigenvalue weighted by molar-refractivity contribution is 6.02. The van der Waals surface area contributed by atoms with Crippen molar-refractivity contribution in [3.63, 3.8) is 0 Å². The molecule has 0 heterocycles. The molecule has 3 heteroatoms. The second-order valence-corrected chi connectivity index (χ2v) is 4.25. The first-order valence-corrected chi connectivity index (χ1v) is 6.50. The lowest BCUT2D eigenvalue weighted by atomic mass is 10.0. The molecule has 0 unspecified atom stereocenters. The first kappa shape index (κ1) is 13.4. The lowest BCUT2D eigenvalue weighted by Crippen LogP contribution is -2.01. The summed E-state index contributed by atoms with van der Waals surface area (Å²) in [6.45, 7) is 6.55. The van der Waals surface area contributed by atoms with E-state index in [1.807, 2.05) is 44.2 Å². The van der Waals surface area contributed by atoms with Crippen molar-refractivity contribution in [2.75, 3.05) is 13.2 Å². The molecular weight excluding hydrogens is 240 g/mol. The van der Waals surface area contributed by atoms with Crippen molar-refractivity contribution in [1.29, 1.82) is 0 Å². The van der Waals surface area contributed by atoms with E-state index in [2.05, 4.69) is 0 Å². The molecule has 0 atom stereocenters.